The standard InChI is InChI=1S/C14H17FN6O2/c15-11-3-12(6-18-14(22)19-13-1-2-23-20-13)21(8-11)7-10-4-16-9-17-5-10/h1-2,4-5,9,11-12H,3,6-8H2,(H2,18,19,20,22)/t11-,12-/m0/s1. The maximum absolute atomic E-state index is 13.7. The third kappa shape index (κ3) is 4.22. The molecule has 2 aromatic heterocycles. The third-order valence-corrected chi connectivity index (χ3v) is 3.65. The molecule has 9 heteroatoms. The van der Waals surface area contributed by atoms with Gasteiger partial charge in [0.05, 0.1) is 0 Å². The molecule has 0 bridgehead atoms. The number of hydrogen-bond donors (Lipinski definition) is 2. The first-order valence-corrected chi connectivity index (χ1v) is 7.28. The number of aromatic nitrogens is 3. The molecule has 8 nitrogen and oxygen atoms in total. The number of nitrogens with one attached hydrogen (secondary N) is 2. The summed E-state index contributed by atoms with van der Waals surface area (Å²) in [5, 5.41) is 8.85. The predicted octanol–water partition coefficient (Wildman–Crippen LogP) is 1.20. The number of likely N-dealkylation sites (tertiary alicyclic amines) is 1. The molecule has 3 rings (SSSR count). The van der Waals surface area contributed by atoms with Crippen molar-refractivity contribution in [1.29, 1.82) is 0 Å². The summed E-state index contributed by atoms with van der Waals surface area (Å²) in [6.07, 6.45) is 5.73. The SMILES string of the molecule is O=C(NC[C@@H]1C[C@H](F)CN1Cc1cncnc1)Nc1ccon1. The Morgan fingerprint density at radius 3 is 3.00 bits per heavy atom. The third-order valence-electron chi connectivity index (χ3n) is 3.65. The fourth-order valence-corrected chi connectivity index (χ4v) is 2.62. The van der Waals surface area contributed by atoms with Crippen molar-refractivity contribution in [3.05, 3.63) is 36.6 Å². The van der Waals surface area contributed by atoms with E-state index in [0.717, 1.165) is 5.56 Å². The molecule has 0 radical (unpaired) electrons. The van der Waals surface area contributed by atoms with Gasteiger partial charge in [0.1, 0.15) is 18.8 Å². The van der Waals surface area contributed by atoms with Crippen LogP contribution in [-0.4, -0.2) is 51.4 Å². The highest BCUT2D eigenvalue weighted by molar-refractivity contribution is 5.87. The summed E-state index contributed by atoms with van der Waals surface area (Å²) in [5.41, 5.74) is 0.915. The van der Waals surface area contributed by atoms with Crippen LogP contribution in [-0.2, 0) is 6.54 Å². The summed E-state index contributed by atoms with van der Waals surface area (Å²) < 4.78 is 18.4. The van der Waals surface area contributed by atoms with Crippen LogP contribution in [0.5, 0.6) is 0 Å². The van der Waals surface area contributed by atoms with Crippen molar-refractivity contribution in [2.24, 2.45) is 0 Å². The summed E-state index contributed by atoms with van der Waals surface area (Å²) in [4.78, 5) is 21.7. The molecule has 1 aliphatic rings. The van der Waals surface area contributed by atoms with Gasteiger partial charge in [0, 0.05) is 49.7 Å². The van der Waals surface area contributed by atoms with Gasteiger partial charge in [-0.1, -0.05) is 5.16 Å². The molecule has 2 amide bonds. The lowest BCUT2D eigenvalue weighted by molar-refractivity contribution is 0.223. The number of amides is 2. The quantitative estimate of drug-likeness (QED) is 0.859. The zero-order valence-electron chi connectivity index (χ0n) is 12.4. The second-order valence-electron chi connectivity index (χ2n) is 5.38. The maximum atomic E-state index is 13.7. The Labute approximate surface area is 132 Å². The fraction of sp³-hybridized carbons (Fsp3) is 0.429. The van der Waals surface area contributed by atoms with Crippen molar-refractivity contribution in [3.63, 3.8) is 0 Å². The lowest BCUT2D eigenvalue weighted by Gasteiger charge is -2.24. The van der Waals surface area contributed by atoms with Crippen LogP contribution in [0.25, 0.3) is 0 Å². The van der Waals surface area contributed by atoms with E-state index in [9.17, 15) is 9.18 Å². The topological polar surface area (TPSA) is 96.2 Å². The van der Waals surface area contributed by atoms with Crippen LogP contribution >= 0.6 is 0 Å². The number of alkyl halides is 1. The van der Waals surface area contributed by atoms with E-state index < -0.39 is 12.2 Å². The van der Waals surface area contributed by atoms with Crippen LogP contribution in [0.1, 0.15) is 12.0 Å². The normalized spacial score (nSPS) is 21.3. The van der Waals surface area contributed by atoms with Crippen LogP contribution in [0.3, 0.4) is 0 Å². The number of hydrogen-bond acceptors (Lipinski definition) is 6. The minimum Gasteiger partial charge on any atom is -0.363 e. The number of halogens is 1. The van der Waals surface area contributed by atoms with E-state index >= 15 is 0 Å². The molecule has 122 valence electrons. The summed E-state index contributed by atoms with van der Waals surface area (Å²) in [5.74, 6) is 0.329. The smallest absolute Gasteiger partial charge is 0.320 e. The van der Waals surface area contributed by atoms with Crippen molar-refractivity contribution in [2.45, 2.75) is 25.2 Å². The van der Waals surface area contributed by atoms with E-state index in [2.05, 4.69) is 30.3 Å². The predicted molar refractivity (Wildman–Crippen MR) is 79.3 cm³/mol. The van der Waals surface area contributed by atoms with Gasteiger partial charge in [-0.25, -0.2) is 19.2 Å². The molecule has 2 atom stereocenters. The lowest BCUT2D eigenvalue weighted by Crippen LogP contribution is -2.41. The van der Waals surface area contributed by atoms with Gasteiger partial charge in [-0.2, -0.15) is 0 Å². The average molecular weight is 320 g/mol. The highest BCUT2D eigenvalue weighted by Crippen LogP contribution is 2.22. The van der Waals surface area contributed by atoms with Crippen molar-refractivity contribution in [3.8, 4) is 0 Å². The second kappa shape index (κ2) is 7.14. The Balaban J connectivity index is 1.52. The molecular weight excluding hydrogens is 303 g/mol. The first-order chi connectivity index (χ1) is 11.2. The van der Waals surface area contributed by atoms with Gasteiger partial charge < -0.3 is 9.84 Å². The molecule has 3 heterocycles. The molecule has 2 aromatic rings. The molecule has 1 fully saturated rings. The number of nitrogens with zero attached hydrogens (tertiary/aromatic N) is 4. The van der Waals surface area contributed by atoms with E-state index in [1.165, 1.54) is 18.7 Å². The van der Waals surface area contributed by atoms with Gasteiger partial charge in [-0.3, -0.25) is 10.2 Å². The van der Waals surface area contributed by atoms with Gasteiger partial charge in [0.15, 0.2) is 5.82 Å². The van der Waals surface area contributed by atoms with Crippen LogP contribution in [0, 0.1) is 0 Å². The van der Waals surface area contributed by atoms with Crippen LogP contribution in [0.15, 0.2) is 35.6 Å². The van der Waals surface area contributed by atoms with Gasteiger partial charge in [-0.05, 0) is 6.42 Å². The number of urea groups is 1. The monoisotopic (exact) mass is 320 g/mol. The van der Waals surface area contributed by atoms with Gasteiger partial charge in [0.2, 0.25) is 0 Å². The first kappa shape index (κ1) is 15.3. The molecule has 0 unspecified atom stereocenters. The number of carbonyl (C=O) groups excluding carboxylic acids is 1. The molecule has 1 saturated heterocycles. The van der Waals surface area contributed by atoms with Crippen molar-refractivity contribution < 1.29 is 13.7 Å². The van der Waals surface area contributed by atoms with E-state index in [4.69, 9.17) is 0 Å². The average Bonchev–Trinajstić information content (AvgIpc) is 3.16. The molecular formula is C14H17FN6O2. The first-order valence-electron chi connectivity index (χ1n) is 7.28. The van der Waals surface area contributed by atoms with E-state index in [-0.39, 0.29) is 6.04 Å². The molecule has 1 aliphatic heterocycles. The molecule has 0 aliphatic carbocycles. The highest BCUT2D eigenvalue weighted by Gasteiger charge is 2.32. The Bertz CT molecular complexity index is 623. The Morgan fingerprint density at radius 2 is 2.26 bits per heavy atom. The minimum absolute atomic E-state index is 0.0757. The van der Waals surface area contributed by atoms with Crippen LogP contribution in [0.2, 0.25) is 0 Å². The van der Waals surface area contributed by atoms with Gasteiger partial charge in [0.25, 0.3) is 0 Å². The summed E-state index contributed by atoms with van der Waals surface area (Å²) in [6.45, 7) is 1.24. The Hall–Kier alpha value is -2.55. The Morgan fingerprint density at radius 1 is 1.43 bits per heavy atom. The zero-order valence-corrected chi connectivity index (χ0v) is 12.4. The minimum atomic E-state index is -0.898. The van der Waals surface area contributed by atoms with Gasteiger partial charge in [-0.15, -0.1) is 0 Å². The van der Waals surface area contributed by atoms with Crippen LogP contribution in [0.4, 0.5) is 15.0 Å². The number of anilines is 1. The number of carbonyl (C=O) groups is 1. The Kier molecular flexibility index (Phi) is 4.77. The number of rotatable bonds is 5. The molecule has 0 saturated carbocycles. The lowest BCUT2D eigenvalue weighted by atomic mass is 10.2. The van der Waals surface area contributed by atoms with Crippen molar-refractivity contribution >= 4 is 11.8 Å². The largest absolute Gasteiger partial charge is 0.363 e. The molecule has 0 spiro atoms. The zero-order chi connectivity index (χ0) is 16.1. The maximum Gasteiger partial charge on any atom is 0.320 e. The second-order valence-corrected chi connectivity index (χ2v) is 5.38. The summed E-state index contributed by atoms with van der Waals surface area (Å²) >= 11 is 0. The molecule has 0 aromatic carbocycles. The van der Waals surface area contributed by atoms with Crippen molar-refractivity contribution in [2.75, 3.05) is 18.4 Å². The molecule has 23 heavy (non-hydrogen) atoms. The van der Waals surface area contributed by atoms with E-state index in [1.54, 1.807) is 12.4 Å². The van der Waals surface area contributed by atoms with Gasteiger partial charge >= 0.3 is 6.03 Å². The van der Waals surface area contributed by atoms with Crippen molar-refractivity contribution in [1.82, 2.24) is 25.3 Å². The van der Waals surface area contributed by atoms with Crippen LogP contribution < -0.4 is 10.6 Å². The summed E-state index contributed by atoms with van der Waals surface area (Å²) in [6, 6.07) is 1.06. The molecule has 2 N–H and O–H groups in total. The van der Waals surface area contributed by atoms with E-state index in [1.807, 2.05) is 4.90 Å². The fourth-order valence-electron chi connectivity index (χ4n) is 2.62. The summed E-state index contributed by atoms with van der Waals surface area (Å²) in [7, 11) is 0. The van der Waals surface area contributed by atoms with E-state index in [0.29, 0.717) is 31.9 Å². The highest BCUT2D eigenvalue weighted by atomic mass is 19.1.